The maximum absolute atomic E-state index is 14.2. The van der Waals surface area contributed by atoms with Gasteiger partial charge in [0.15, 0.2) is 5.69 Å². The van der Waals surface area contributed by atoms with Gasteiger partial charge in [-0.2, -0.15) is 13.2 Å². The molecule has 0 unspecified atom stereocenters. The van der Waals surface area contributed by atoms with E-state index in [0.29, 0.717) is 31.9 Å². The van der Waals surface area contributed by atoms with Crippen LogP contribution in [0.1, 0.15) is 12.0 Å². The van der Waals surface area contributed by atoms with Gasteiger partial charge >= 0.3 is 6.18 Å². The Hall–Kier alpha value is -2.75. The largest absolute Gasteiger partial charge is 0.416 e. The molecule has 2 aromatic rings. The lowest BCUT2D eigenvalue weighted by Gasteiger charge is -2.25. The molecule has 1 aliphatic rings. The van der Waals surface area contributed by atoms with Crippen LogP contribution in [-0.4, -0.2) is 26.2 Å². The first-order chi connectivity index (χ1) is 12.4. The van der Waals surface area contributed by atoms with Gasteiger partial charge in [-0.05, 0) is 42.8 Å². The van der Waals surface area contributed by atoms with Gasteiger partial charge in [-0.1, -0.05) is 6.07 Å². The Kier molecular flexibility index (Phi) is 5.03. The zero-order valence-corrected chi connectivity index (χ0v) is 13.9. The number of anilines is 2. The molecule has 1 saturated heterocycles. The van der Waals surface area contributed by atoms with Crippen molar-refractivity contribution in [3.8, 4) is 0 Å². The summed E-state index contributed by atoms with van der Waals surface area (Å²) in [4.78, 5) is 7.13. The molecule has 3 rings (SSSR count). The van der Waals surface area contributed by atoms with Crippen LogP contribution in [0.25, 0.3) is 4.85 Å². The summed E-state index contributed by atoms with van der Waals surface area (Å²) in [7, 11) is 0. The van der Waals surface area contributed by atoms with Crippen LogP contribution in [0, 0.1) is 12.4 Å². The van der Waals surface area contributed by atoms with Crippen molar-refractivity contribution in [3.05, 3.63) is 65.3 Å². The fourth-order valence-corrected chi connectivity index (χ4v) is 3.10. The first-order valence-electron chi connectivity index (χ1n) is 8.22. The minimum atomic E-state index is -4.34. The van der Waals surface area contributed by atoms with Crippen LogP contribution in [0.2, 0.25) is 0 Å². The Morgan fingerprint density at radius 2 is 1.54 bits per heavy atom. The number of hydrogen-bond acceptors (Lipinski definition) is 2. The van der Waals surface area contributed by atoms with E-state index in [2.05, 4.69) is 4.85 Å². The summed E-state index contributed by atoms with van der Waals surface area (Å²) in [5.74, 6) is -0.429. The van der Waals surface area contributed by atoms with Gasteiger partial charge in [0, 0.05) is 31.9 Å². The van der Waals surface area contributed by atoms with E-state index in [4.69, 9.17) is 6.57 Å². The zero-order valence-electron chi connectivity index (χ0n) is 13.9. The molecule has 1 heterocycles. The first kappa shape index (κ1) is 18.1. The highest BCUT2D eigenvalue weighted by Gasteiger charge is 2.30. The number of hydrogen-bond donors (Lipinski definition) is 0. The highest BCUT2D eigenvalue weighted by atomic mass is 19.4. The van der Waals surface area contributed by atoms with Crippen LogP contribution in [-0.2, 0) is 6.18 Å². The maximum atomic E-state index is 14.2. The molecule has 136 valence electrons. The molecule has 0 bridgehead atoms. The molecule has 0 aliphatic carbocycles. The molecule has 0 spiro atoms. The minimum Gasteiger partial charge on any atom is -0.370 e. The third kappa shape index (κ3) is 3.90. The zero-order chi connectivity index (χ0) is 18.7. The molecule has 1 aliphatic heterocycles. The van der Waals surface area contributed by atoms with E-state index in [9.17, 15) is 17.6 Å². The quantitative estimate of drug-likeness (QED) is 0.542. The summed E-state index contributed by atoms with van der Waals surface area (Å²) in [5, 5.41) is 0. The molecule has 7 heteroatoms. The van der Waals surface area contributed by atoms with Crippen molar-refractivity contribution >= 4 is 17.1 Å². The average molecular weight is 363 g/mol. The van der Waals surface area contributed by atoms with Crippen LogP contribution in [0.3, 0.4) is 0 Å². The average Bonchev–Trinajstić information content (AvgIpc) is 2.87. The predicted molar refractivity (Wildman–Crippen MR) is 93.1 cm³/mol. The number of alkyl halides is 3. The molecular weight excluding hydrogens is 346 g/mol. The molecule has 0 N–H and O–H groups in total. The predicted octanol–water partition coefficient (Wildman–Crippen LogP) is 5.11. The number of benzene rings is 2. The standard InChI is InChI=1S/C19H17F4N3/c1-24-15-5-8-18(17(20)13-15)26-10-2-9-25(11-12-26)16-6-3-14(4-7-16)19(21,22)23/h3-8,13H,2,9-12H2. The third-order valence-electron chi connectivity index (χ3n) is 4.46. The highest BCUT2D eigenvalue weighted by Crippen LogP contribution is 2.31. The van der Waals surface area contributed by atoms with Crippen molar-refractivity contribution in [2.24, 2.45) is 0 Å². The molecule has 0 saturated carbocycles. The van der Waals surface area contributed by atoms with Gasteiger partial charge < -0.3 is 9.80 Å². The van der Waals surface area contributed by atoms with Crippen molar-refractivity contribution in [1.82, 2.24) is 0 Å². The second-order valence-electron chi connectivity index (χ2n) is 6.12. The lowest BCUT2D eigenvalue weighted by atomic mass is 10.2. The van der Waals surface area contributed by atoms with Gasteiger partial charge in [0.2, 0.25) is 0 Å². The van der Waals surface area contributed by atoms with Crippen LogP contribution >= 0.6 is 0 Å². The third-order valence-corrected chi connectivity index (χ3v) is 4.46. The molecule has 0 amide bonds. The normalized spacial score (nSPS) is 15.5. The van der Waals surface area contributed by atoms with E-state index < -0.39 is 17.6 Å². The highest BCUT2D eigenvalue weighted by molar-refractivity contribution is 5.57. The van der Waals surface area contributed by atoms with E-state index in [-0.39, 0.29) is 5.69 Å². The topological polar surface area (TPSA) is 10.8 Å². The van der Waals surface area contributed by atoms with Crippen molar-refractivity contribution in [2.45, 2.75) is 12.6 Å². The summed E-state index contributed by atoms with van der Waals surface area (Å²) < 4.78 is 52.3. The molecule has 0 aromatic heterocycles. The molecular formula is C19H17F4N3. The monoisotopic (exact) mass is 363 g/mol. The molecule has 0 radical (unpaired) electrons. The Morgan fingerprint density at radius 1 is 0.885 bits per heavy atom. The lowest BCUT2D eigenvalue weighted by molar-refractivity contribution is -0.137. The van der Waals surface area contributed by atoms with E-state index in [0.717, 1.165) is 24.2 Å². The maximum Gasteiger partial charge on any atom is 0.416 e. The van der Waals surface area contributed by atoms with Crippen molar-refractivity contribution in [3.63, 3.8) is 0 Å². The fraction of sp³-hybridized carbons (Fsp3) is 0.316. The number of halogens is 4. The molecule has 2 aromatic carbocycles. The van der Waals surface area contributed by atoms with E-state index in [1.54, 1.807) is 12.1 Å². The fourth-order valence-electron chi connectivity index (χ4n) is 3.10. The Balaban J connectivity index is 1.71. The van der Waals surface area contributed by atoms with Crippen molar-refractivity contribution < 1.29 is 17.6 Å². The SMILES string of the molecule is [C-]#[N+]c1ccc(N2CCCN(c3ccc(C(F)(F)F)cc3)CC2)c(F)c1. The number of nitrogens with zero attached hydrogens (tertiary/aromatic N) is 3. The van der Waals surface area contributed by atoms with Gasteiger partial charge in [-0.25, -0.2) is 9.24 Å². The molecule has 26 heavy (non-hydrogen) atoms. The van der Waals surface area contributed by atoms with Crippen LogP contribution in [0.4, 0.5) is 34.6 Å². The summed E-state index contributed by atoms with van der Waals surface area (Å²) in [6.07, 6.45) is -3.59. The lowest BCUT2D eigenvalue weighted by Crippen LogP contribution is -2.31. The van der Waals surface area contributed by atoms with Crippen LogP contribution in [0.5, 0.6) is 0 Å². The van der Waals surface area contributed by atoms with Gasteiger partial charge in [0.25, 0.3) is 0 Å². The van der Waals surface area contributed by atoms with E-state index in [1.807, 2.05) is 9.80 Å². The van der Waals surface area contributed by atoms with Gasteiger partial charge in [-0.3, -0.25) is 0 Å². The molecule has 3 nitrogen and oxygen atoms in total. The van der Waals surface area contributed by atoms with Gasteiger partial charge in [-0.15, -0.1) is 0 Å². The van der Waals surface area contributed by atoms with Crippen molar-refractivity contribution in [1.29, 1.82) is 0 Å². The summed E-state index contributed by atoms with van der Waals surface area (Å²) in [5.41, 5.74) is 0.766. The minimum absolute atomic E-state index is 0.257. The van der Waals surface area contributed by atoms with E-state index >= 15 is 0 Å². The molecule has 0 atom stereocenters. The summed E-state index contributed by atoms with van der Waals surface area (Å²) in [6.45, 7) is 9.39. The van der Waals surface area contributed by atoms with E-state index in [1.165, 1.54) is 18.2 Å². The molecule has 1 fully saturated rings. The van der Waals surface area contributed by atoms with Crippen LogP contribution < -0.4 is 9.80 Å². The van der Waals surface area contributed by atoms with Gasteiger partial charge in [0.1, 0.15) is 5.82 Å². The number of rotatable bonds is 2. The van der Waals surface area contributed by atoms with Gasteiger partial charge in [0.05, 0.1) is 17.8 Å². The second-order valence-corrected chi connectivity index (χ2v) is 6.12. The smallest absolute Gasteiger partial charge is 0.370 e. The Bertz CT molecular complexity index is 809. The summed E-state index contributed by atoms with van der Waals surface area (Å²) >= 11 is 0. The second kappa shape index (κ2) is 7.24. The Labute approximate surface area is 149 Å². The first-order valence-corrected chi connectivity index (χ1v) is 8.22. The van der Waals surface area contributed by atoms with Crippen LogP contribution in [0.15, 0.2) is 42.5 Å². The van der Waals surface area contributed by atoms with Crippen molar-refractivity contribution in [2.75, 3.05) is 36.0 Å². The Morgan fingerprint density at radius 3 is 2.15 bits per heavy atom. The summed E-state index contributed by atoms with van der Waals surface area (Å²) in [6, 6.07) is 9.54.